The number of nitrogens with zero attached hydrogens (tertiary/aromatic N) is 3. The summed E-state index contributed by atoms with van der Waals surface area (Å²) in [6, 6.07) is 15.2. The molecule has 2 heterocycles. The smallest absolute Gasteiger partial charge is 0.406 e. The lowest BCUT2D eigenvalue weighted by Crippen LogP contribution is -2.27. The number of amides is 1. The first-order valence-electron chi connectivity index (χ1n) is 12.6. The number of carbonyl (C=O) groups excluding carboxylic acids is 1. The van der Waals surface area contributed by atoms with Crippen LogP contribution in [0.3, 0.4) is 0 Å². The van der Waals surface area contributed by atoms with E-state index in [9.17, 15) is 18.0 Å². The number of fused-ring (bicyclic) bond motifs is 1. The summed E-state index contributed by atoms with van der Waals surface area (Å²) in [5.74, 6) is 0.254. The van der Waals surface area contributed by atoms with Crippen LogP contribution < -0.4 is 21.1 Å². The summed E-state index contributed by atoms with van der Waals surface area (Å²) in [6.07, 6.45) is -2.44. The molecule has 1 atom stereocenters. The van der Waals surface area contributed by atoms with Crippen molar-refractivity contribution >= 4 is 22.8 Å². The number of nitrogens with one attached hydrogen (secondary N) is 2. The highest BCUT2D eigenvalue weighted by atomic mass is 19.4. The van der Waals surface area contributed by atoms with Crippen LogP contribution >= 0.6 is 0 Å². The van der Waals surface area contributed by atoms with Crippen molar-refractivity contribution < 1.29 is 22.7 Å². The van der Waals surface area contributed by atoms with Crippen LogP contribution in [0, 0.1) is 6.92 Å². The molecule has 2 aromatic carbocycles. The molecule has 2 aromatic heterocycles. The monoisotopic (exact) mass is 540 g/mol. The van der Waals surface area contributed by atoms with Crippen LogP contribution in [0.2, 0.25) is 0 Å². The van der Waals surface area contributed by atoms with E-state index in [2.05, 4.69) is 20.4 Å². The van der Waals surface area contributed by atoms with Crippen molar-refractivity contribution in [1.29, 1.82) is 0 Å². The zero-order chi connectivity index (χ0) is 28.0. The molecule has 4 N–H and O–H groups in total. The molecule has 8 nitrogen and oxygen atoms in total. The van der Waals surface area contributed by atoms with Gasteiger partial charge in [-0.05, 0) is 60.9 Å². The topological polar surface area (TPSA) is 107 Å². The molecule has 0 aliphatic rings. The second-order valence-electron chi connectivity index (χ2n) is 9.29. The maximum absolute atomic E-state index is 12.8. The number of alkyl halides is 3. The van der Waals surface area contributed by atoms with Crippen molar-refractivity contribution in [2.24, 2.45) is 5.73 Å². The second-order valence-corrected chi connectivity index (χ2v) is 9.29. The molecule has 0 saturated heterocycles. The molecule has 206 valence electrons. The van der Waals surface area contributed by atoms with Gasteiger partial charge < -0.3 is 25.7 Å². The van der Waals surface area contributed by atoms with Gasteiger partial charge in [-0.15, -0.1) is 13.2 Å². The Hall–Kier alpha value is -4.12. The van der Waals surface area contributed by atoms with Crippen LogP contribution in [0.4, 0.5) is 18.9 Å². The number of imidazole rings is 1. The Bertz CT molecular complexity index is 1400. The van der Waals surface area contributed by atoms with Crippen molar-refractivity contribution in [1.82, 2.24) is 19.9 Å². The molecule has 4 aromatic rings. The van der Waals surface area contributed by atoms with E-state index in [1.165, 1.54) is 12.1 Å². The Morgan fingerprint density at radius 3 is 2.51 bits per heavy atom. The molecule has 11 heteroatoms. The predicted octanol–water partition coefficient (Wildman–Crippen LogP) is 4.87. The number of hydrogen-bond donors (Lipinski definition) is 3. The summed E-state index contributed by atoms with van der Waals surface area (Å²) in [7, 11) is 0. The largest absolute Gasteiger partial charge is 0.573 e. The molecule has 0 spiro atoms. The van der Waals surface area contributed by atoms with Crippen LogP contribution in [-0.4, -0.2) is 39.9 Å². The van der Waals surface area contributed by atoms with Gasteiger partial charge in [-0.25, -0.2) is 9.97 Å². The van der Waals surface area contributed by atoms with Crippen molar-refractivity contribution in [2.45, 2.75) is 45.6 Å². The highest BCUT2D eigenvalue weighted by molar-refractivity contribution is 5.77. The minimum absolute atomic E-state index is 0.121. The van der Waals surface area contributed by atoms with E-state index in [1.54, 1.807) is 18.3 Å². The van der Waals surface area contributed by atoms with Crippen molar-refractivity contribution in [3.8, 4) is 5.75 Å². The summed E-state index contributed by atoms with van der Waals surface area (Å²) >= 11 is 0. The number of nitrogens with two attached hydrogens (primary N) is 1. The minimum atomic E-state index is -4.75. The average molecular weight is 541 g/mol. The molecule has 0 aliphatic carbocycles. The van der Waals surface area contributed by atoms with E-state index < -0.39 is 6.36 Å². The fourth-order valence-corrected chi connectivity index (χ4v) is 4.22. The van der Waals surface area contributed by atoms with E-state index in [1.807, 2.05) is 48.7 Å². The van der Waals surface area contributed by atoms with Crippen molar-refractivity contribution in [3.63, 3.8) is 0 Å². The number of carbonyl (C=O) groups is 1. The highest BCUT2D eigenvalue weighted by Crippen LogP contribution is 2.24. The van der Waals surface area contributed by atoms with Gasteiger partial charge in [0.2, 0.25) is 5.91 Å². The number of halogens is 3. The predicted molar refractivity (Wildman–Crippen MR) is 143 cm³/mol. The molecule has 0 unspecified atom stereocenters. The van der Waals surface area contributed by atoms with Crippen molar-refractivity contribution in [2.75, 3.05) is 18.4 Å². The number of rotatable bonds is 11. The zero-order valence-electron chi connectivity index (χ0n) is 21.8. The molecule has 0 aliphatic heterocycles. The lowest BCUT2D eigenvalue weighted by atomic mass is 10.1. The first kappa shape index (κ1) is 27.9. The molecule has 0 fully saturated rings. The third-order valence-corrected chi connectivity index (χ3v) is 6.14. The highest BCUT2D eigenvalue weighted by Gasteiger charge is 2.31. The van der Waals surface area contributed by atoms with Gasteiger partial charge in [-0.2, -0.15) is 0 Å². The maximum Gasteiger partial charge on any atom is 0.573 e. The van der Waals surface area contributed by atoms with Crippen LogP contribution in [0.25, 0.3) is 11.2 Å². The average Bonchev–Trinajstić information content (AvgIpc) is 3.22. The number of pyridine rings is 1. The van der Waals surface area contributed by atoms with Crippen LogP contribution in [0.15, 0.2) is 60.8 Å². The second kappa shape index (κ2) is 12.2. The van der Waals surface area contributed by atoms with Gasteiger partial charge in [0.15, 0.2) is 5.65 Å². The van der Waals surface area contributed by atoms with E-state index in [0.717, 1.165) is 22.4 Å². The fourth-order valence-electron chi connectivity index (χ4n) is 4.22. The number of ether oxygens (including phenoxy) is 1. The molecule has 39 heavy (non-hydrogen) atoms. The minimum Gasteiger partial charge on any atom is -0.406 e. The number of benzene rings is 2. The molecule has 4 rings (SSSR count). The SMILES string of the molecule is Cc1cnc2c(c1)nc(CCC(=O)N[C@@H](C)c1ccc(NCCN)cc1)n2Cc1ccc(OC(F)(F)F)cc1. The normalized spacial score (nSPS) is 12.4. The summed E-state index contributed by atoms with van der Waals surface area (Å²) in [5, 5.41) is 6.24. The molecular formula is C28H31F3N6O2. The first-order chi connectivity index (χ1) is 18.6. The number of hydrogen-bond acceptors (Lipinski definition) is 6. The maximum atomic E-state index is 12.8. The Labute approximate surface area is 224 Å². The first-order valence-corrected chi connectivity index (χ1v) is 12.6. The van der Waals surface area contributed by atoms with Gasteiger partial charge in [-0.1, -0.05) is 24.3 Å². The Kier molecular flexibility index (Phi) is 8.70. The third kappa shape index (κ3) is 7.70. The van der Waals surface area contributed by atoms with E-state index >= 15 is 0 Å². The summed E-state index contributed by atoms with van der Waals surface area (Å²) in [4.78, 5) is 22.0. The molecule has 0 radical (unpaired) electrons. The number of aromatic nitrogens is 3. The van der Waals surface area contributed by atoms with Gasteiger partial charge in [0.25, 0.3) is 0 Å². The summed E-state index contributed by atoms with van der Waals surface area (Å²) in [5.41, 5.74) is 10.5. The van der Waals surface area contributed by atoms with Gasteiger partial charge in [0.1, 0.15) is 17.1 Å². The van der Waals surface area contributed by atoms with Crippen LogP contribution in [0.1, 0.15) is 41.9 Å². The van der Waals surface area contributed by atoms with Gasteiger partial charge >= 0.3 is 6.36 Å². The molecule has 1 amide bonds. The quantitative estimate of drug-likeness (QED) is 0.251. The van der Waals surface area contributed by atoms with Crippen LogP contribution in [-0.2, 0) is 17.8 Å². The van der Waals surface area contributed by atoms with Gasteiger partial charge in [0, 0.05) is 37.8 Å². The lowest BCUT2D eigenvalue weighted by molar-refractivity contribution is -0.274. The van der Waals surface area contributed by atoms with Crippen LogP contribution in [0.5, 0.6) is 5.75 Å². The van der Waals surface area contributed by atoms with E-state index in [-0.39, 0.29) is 24.1 Å². The Balaban J connectivity index is 1.44. The summed E-state index contributed by atoms with van der Waals surface area (Å²) in [6.45, 7) is 5.40. The van der Waals surface area contributed by atoms with Gasteiger partial charge in [0.05, 0.1) is 12.6 Å². The third-order valence-electron chi connectivity index (χ3n) is 6.14. The molecule has 0 saturated carbocycles. The Morgan fingerprint density at radius 2 is 1.85 bits per heavy atom. The van der Waals surface area contributed by atoms with E-state index in [4.69, 9.17) is 10.7 Å². The fraction of sp³-hybridized carbons (Fsp3) is 0.321. The number of anilines is 1. The van der Waals surface area contributed by atoms with Gasteiger partial charge in [-0.3, -0.25) is 4.79 Å². The van der Waals surface area contributed by atoms with E-state index in [0.29, 0.717) is 43.0 Å². The molecule has 0 bridgehead atoms. The zero-order valence-corrected chi connectivity index (χ0v) is 21.8. The summed E-state index contributed by atoms with van der Waals surface area (Å²) < 4.78 is 43.4. The lowest BCUT2D eigenvalue weighted by Gasteiger charge is -2.15. The van der Waals surface area contributed by atoms with Crippen molar-refractivity contribution in [3.05, 3.63) is 83.3 Å². The standard InChI is InChI=1S/C28H31F3N6O2/c1-18-15-24-27(34-16-18)37(17-20-3-9-23(10-4-20)39-28(29,30)31)25(36-24)11-12-26(38)35-19(2)21-5-7-22(8-6-21)33-14-13-32/h3-10,15-16,19,33H,11-14,17,32H2,1-2H3,(H,35,38)/t19-/m0/s1. The number of aryl methyl sites for hydroxylation is 2. The Morgan fingerprint density at radius 1 is 1.13 bits per heavy atom. The molecular weight excluding hydrogens is 509 g/mol.